The van der Waals surface area contributed by atoms with Crippen molar-refractivity contribution in [1.82, 2.24) is 0 Å². The maximum Gasteiger partial charge on any atom is 0.204 e. The molecule has 0 saturated carbocycles. The van der Waals surface area contributed by atoms with Crippen LogP contribution in [0.1, 0.15) is 0 Å². The minimum Gasteiger partial charge on any atom is -0.507 e. The van der Waals surface area contributed by atoms with Gasteiger partial charge in [-0.15, -0.1) is 0 Å². The van der Waals surface area contributed by atoms with Crippen molar-refractivity contribution < 1.29 is 29.9 Å². The van der Waals surface area contributed by atoms with Crippen LogP contribution in [-0.2, 0) is 0 Å². The first-order valence-electron chi connectivity index (χ1n) is 6.12. The lowest BCUT2D eigenvalue weighted by Gasteiger charge is -2.08. The minimum absolute atomic E-state index is 0.00242. The first-order valence-corrected chi connectivity index (χ1v) is 6.12. The summed E-state index contributed by atoms with van der Waals surface area (Å²) >= 11 is 0. The number of phenols is 5. The monoisotopic (exact) mass is 302 g/mol. The summed E-state index contributed by atoms with van der Waals surface area (Å²) in [5.74, 6) is -2.84. The molecule has 3 rings (SSSR count). The van der Waals surface area contributed by atoms with E-state index < -0.39 is 34.2 Å². The molecule has 0 aliphatic rings. The summed E-state index contributed by atoms with van der Waals surface area (Å²) in [5.41, 5.74) is -1.25. The molecule has 7 nitrogen and oxygen atoms in total. The summed E-state index contributed by atoms with van der Waals surface area (Å²) in [6, 6.07) is 4.84. The van der Waals surface area contributed by atoms with Gasteiger partial charge in [-0.05, 0) is 6.07 Å². The van der Waals surface area contributed by atoms with Crippen LogP contribution in [0.15, 0.2) is 39.7 Å². The molecule has 0 spiro atoms. The van der Waals surface area contributed by atoms with Crippen molar-refractivity contribution in [2.24, 2.45) is 0 Å². The van der Waals surface area contributed by atoms with Crippen molar-refractivity contribution in [3.63, 3.8) is 0 Å². The van der Waals surface area contributed by atoms with Gasteiger partial charge < -0.3 is 29.9 Å². The van der Waals surface area contributed by atoms with E-state index in [2.05, 4.69) is 0 Å². The fraction of sp³-hybridized carbons (Fsp3) is 0. The van der Waals surface area contributed by atoms with Gasteiger partial charge in [0.25, 0.3) is 0 Å². The van der Waals surface area contributed by atoms with E-state index in [-0.39, 0.29) is 22.1 Å². The predicted octanol–water partition coefficient (Wildman–Crippen LogP) is 1.99. The van der Waals surface area contributed by atoms with E-state index in [1.54, 1.807) is 0 Å². The summed E-state index contributed by atoms with van der Waals surface area (Å²) in [7, 11) is 0. The van der Waals surface area contributed by atoms with Gasteiger partial charge in [0.15, 0.2) is 22.8 Å². The zero-order valence-corrected chi connectivity index (χ0v) is 10.9. The van der Waals surface area contributed by atoms with E-state index in [0.29, 0.717) is 0 Å². The van der Waals surface area contributed by atoms with E-state index in [1.165, 1.54) is 18.2 Å². The molecule has 5 N–H and O–H groups in total. The van der Waals surface area contributed by atoms with Gasteiger partial charge in [0.2, 0.25) is 11.2 Å². The smallest absolute Gasteiger partial charge is 0.204 e. The minimum atomic E-state index is -0.741. The van der Waals surface area contributed by atoms with E-state index >= 15 is 0 Å². The molecule has 1 heterocycles. The highest BCUT2D eigenvalue weighted by Gasteiger charge is 2.20. The van der Waals surface area contributed by atoms with Crippen LogP contribution < -0.4 is 5.43 Å². The summed E-state index contributed by atoms with van der Waals surface area (Å²) in [4.78, 5) is 12.5. The van der Waals surface area contributed by atoms with Gasteiger partial charge in [0.1, 0.15) is 17.4 Å². The van der Waals surface area contributed by atoms with E-state index in [4.69, 9.17) is 4.42 Å². The molecule has 22 heavy (non-hydrogen) atoms. The number of fused-ring (bicyclic) bond motifs is 1. The first kappa shape index (κ1) is 13.6. The Balaban J connectivity index is 2.42. The van der Waals surface area contributed by atoms with E-state index in [9.17, 15) is 30.3 Å². The number of aromatic hydroxyl groups is 5. The van der Waals surface area contributed by atoms with Gasteiger partial charge >= 0.3 is 0 Å². The third-order valence-electron chi connectivity index (χ3n) is 3.29. The zero-order chi connectivity index (χ0) is 16.0. The molecule has 1 aromatic heterocycles. The Kier molecular flexibility index (Phi) is 2.84. The number of rotatable bonds is 1. The molecule has 0 unspecified atom stereocenters. The number of para-hydroxylation sites is 1. The highest BCUT2D eigenvalue weighted by Crippen LogP contribution is 2.40. The Labute approximate surface area is 122 Å². The second-order valence-corrected chi connectivity index (χ2v) is 4.62. The van der Waals surface area contributed by atoms with E-state index in [1.807, 2.05) is 0 Å². The molecule has 0 saturated heterocycles. The molecule has 0 aliphatic heterocycles. The molecule has 0 atom stereocenters. The van der Waals surface area contributed by atoms with Crippen LogP contribution in [0.4, 0.5) is 0 Å². The lowest BCUT2D eigenvalue weighted by molar-refractivity contribution is 0.393. The molecule has 0 radical (unpaired) electrons. The van der Waals surface area contributed by atoms with Crippen LogP contribution in [0.2, 0.25) is 0 Å². The first-order chi connectivity index (χ1) is 10.4. The summed E-state index contributed by atoms with van der Waals surface area (Å²) in [6.45, 7) is 0. The van der Waals surface area contributed by atoms with E-state index in [0.717, 1.165) is 12.3 Å². The average Bonchev–Trinajstić information content (AvgIpc) is 2.48. The lowest BCUT2D eigenvalue weighted by Crippen LogP contribution is -2.05. The van der Waals surface area contributed by atoms with Gasteiger partial charge in [-0.2, -0.15) is 0 Å². The third-order valence-corrected chi connectivity index (χ3v) is 3.29. The van der Waals surface area contributed by atoms with Gasteiger partial charge in [0, 0.05) is 11.6 Å². The van der Waals surface area contributed by atoms with Gasteiger partial charge in [0.05, 0.1) is 5.56 Å². The molecule has 0 bridgehead atoms. The average molecular weight is 302 g/mol. The Bertz CT molecular complexity index is 956. The third kappa shape index (κ3) is 1.80. The van der Waals surface area contributed by atoms with Crippen molar-refractivity contribution in [3.8, 4) is 39.9 Å². The Morgan fingerprint density at radius 2 is 1.55 bits per heavy atom. The molecular formula is C15H10O7. The van der Waals surface area contributed by atoms with Crippen molar-refractivity contribution in [2.75, 3.05) is 0 Å². The second-order valence-electron chi connectivity index (χ2n) is 4.62. The lowest BCUT2D eigenvalue weighted by atomic mass is 10.0. The van der Waals surface area contributed by atoms with Gasteiger partial charge in [-0.25, -0.2) is 0 Å². The molecular weight excluding hydrogens is 292 g/mol. The molecule has 0 fully saturated rings. The fourth-order valence-corrected chi connectivity index (χ4v) is 2.20. The maximum absolute atomic E-state index is 12.5. The van der Waals surface area contributed by atoms with Crippen molar-refractivity contribution in [2.45, 2.75) is 0 Å². The van der Waals surface area contributed by atoms with Crippen LogP contribution in [0.25, 0.3) is 22.1 Å². The van der Waals surface area contributed by atoms with Gasteiger partial charge in [-0.1, -0.05) is 12.1 Å². The topological polar surface area (TPSA) is 131 Å². The number of hydrogen-bond donors (Lipinski definition) is 5. The van der Waals surface area contributed by atoms with Crippen molar-refractivity contribution >= 4 is 11.0 Å². The largest absolute Gasteiger partial charge is 0.507 e. The predicted molar refractivity (Wildman–Crippen MR) is 76.2 cm³/mol. The zero-order valence-electron chi connectivity index (χ0n) is 10.9. The fourth-order valence-electron chi connectivity index (χ4n) is 2.20. The highest BCUT2D eigenvalue weighted by molar-refractivity contribution is 5.93. The maximum atomic E-state index is 12.5. The van der Waals surface area contributed by atoms with Crippen LogP contribution in [-0.4, -0.2) is 25.5 Å². The molecule has 7 heteroatoms. The number of benzene rings is 2. The molecule has 0 amide bonds. The summed E-state index contributed by atoms with van der Waals surface area (Å²) in [5, 5.41) is 47.9. The van der Waals surface area contributed by atoms with Crippen LogP contribution in [0.3, 0.4) is 0 Å². The molecule has 112 valence electrons. The van der Waals surface area contributed by atoms with Crippen LogP contribution >= 0.6 is 0 Å². The Hall–Kier alpha value is -3.35. The normalized spacial score (nSPS) is 10.9. The van der Waals surface area contributed by atoms with Gasteiger partial charge in [-0.3, -0.25) is 4.79 Å². The quantitative estimate of drug-likeness (QED) is 0.343. The van der Waals surface area contributed by atoms with Crippen LogP contribution in [0.5, 0.6) is 28.7 Å². The second kappa shape index (κ2) is 4.59. The highest BCUT2D eigenvalue weighted by atomic mass is 16.4. The van der Waals surface area contributed by atoms with Crippen LogP contribution in [0, 0.1) is 0 Å². The number of hydrogen-bond acceptors (Lipinski definition) is 7. The van der Waals surface area contributed by atoms with Crippen molar-refractivity contribution in [3.05, 3.63) is 40.8 Å². The SMILES string of the molecule is O=c1c(-c2cccc(O)c2O)coc2c(O)c(O)cc(O)c12. The van der Waals surface area contributed by atoms with Crippen molar-refractivity contribution in [1.29, 1.82) is 0 Å². The summed E-state index contributed by atoms with van der Waals surface area (Å²) < 4.78 is 5.10. The Morgan fingerprint density at radius 1 is 0.818 bits per heavy atom. The molecule has 0 aliphatic carbocycles. The Morgan fingerprint density at radius 3 is 2.27 bits per heavy atom. The molecule has 2 aromatic carbocycles. The molecule has 3 aromatic rings. The standard InChI is InChI=1S/C15H10O7/c16-8-3-1-2-6(12(8)19)7-5-22-15-11(13(7)20)9(17)4-10(18)14(15)21/h1-5,16-19,21H. The number of phenolic OH excluding ortho intramolecular Hbond substituents is 5. The summed E-state index contributed by atoms with van der Waals surface area (Å²) in [6.07, 6.45) is 0.956.